The summed E-state index contributed by atoms with van der Waals surface area (Å²) in [5.41, 5.74) is 12.2. The van der Waals surface area contributed by atoms with Gasteiger partial charge in [0.25, 0.3) is 0 Å². The summed E-state index contributed by atoms with van der Waals surface area (Å²) in [7, 11) is 2.00. The Hall–Kier alpha value is -3.58. The smallest absolute Gasteiger partial charge is 0.207 e. The summed E-state index contributed by atoms with van der Waals surface area (Å²) in [6.07, 6.45) is 10.1. The van der Waals surface area contributed by atoms with Crippen LogP contribution in [0.4, 0.5) is 0 Å². The molecule has 1 aromatic carbocycles. The van der Waals surface area contributed by atoms with Crippen LogP contribution in [0.3, 0.4) is 0 Å². The summed E-state index contributed by atoms with van der Waals surface area (Å²) in [5.74, 6) is 0. The molecule has 0 saturated heterocycles. The Morgan fingerprint density at radius 1 is 1.20 bits per heavy atom. The Bertz CT molecular complexity index is 1240. The number of para-hydroxylation sites is 1. The first-order chi connectivity index (χ1) is 17.0. The van der Waals surface area contributed by atoms with E-state index in [1.165, 1.54) is 5.56 Å². The molecule has 2 unspecified atom stereocenters. The van der Waals surface area contributed by atoms with Gasteiger partial charge in [0.2, 0.25) is 6.41 Å². The van der Waals surface area contributed by atoms with Crippen molar-refractivity contribution in [1.82, 2.24) is 20.6 Å². The van der Waals surface area contributed by atoms with Gasteiger partial charge in [-0.25, -0.2) is 0 Å². The maximum Gasteiger partial charge on any atom is 0.207 e. The van der Waals surface area contributed by atoms with Gasteiger partial charge >= 0.3 is 0 Å². The fourth-order valence-corrected chi connectivity index (χ4v) is 5.03. The summed E-state index contributed by atoms with van der Waals surface area (Å²) >= 11 is 0. The molecule has 182 valence electrons. The van der Waals surface area contributed by atoms with Gasteiger partial charge < -0.3 is 16.4 Å². The highest BCUT2D eigenvalue weighted by Crippen LogP contribution is 2.41. The first-order valence-corrected chi connectivity index (χ1v) is 12.2. The van der Waals surface area contributed by atoms with Crippen LogP contribution in [0.1, 0.15) is 48.5 Å². The SMILES string of the molecule is CNC(CCC1(CCNC=O)CCN=C1C=C(N)c1cnc2ccccc2c1)c1ccnc(C)c1. The van der Waals surface area contributed by atoms with E-state index in [0.29, 0.717) is 12.2 Å². The predicted molar refractivity (Wildman–Crippen MR) is 142 cm³/mol. The van der Waals surface area contributed by atoms with Crippen LogP contribution in [0.5, 0.6) is 0 Å². The van der Waals surface area contributed by atoms with Gasteiger partial charge in [0, 0.05) is 65.0 Å². The van der Waals surface area contributed by atoms with E-state index in [2.05, 4.69) is 38.8 Å². The number of benzene rings is 1. The van der Waals surface area contributed by atoms with Gasteiger partial charge in [0.1, 0.15) is 0 Å². The third-order valence-corrected chi connectivity index (χ3v) is 7.05. The molecule has 3 heterocycles. The lowest BCUT2D eigenvalue weighted by atomic mass is 9.73. The quantitative estimate of drug-likeness (QED) is 0.291. The van der Waals surface area contributed by atoms with Crippen molar-refractivity contribution in [3.05, 3.63) is 77.8 Å². The molecule has 3 aromatic rings. The van der Waals surface area contributed by atoms with Crippen LogP contribution in [-0.2, 0) is 4.79 Å². The monoisotopic (exact) mass is 470 g/mol. The number of allylic oxidation sites excluding steroid dienone is 1. The topological polar surface area (TPSA) is 105 Å². The zero-order chi connectivity index (χ0) is 24.7. The molecule has 7 nitrogen and oxygen atoms in total. The third kappa shape index (κ3) is 5.74. The lowest BCUT2D eigenvalue weighted by Crippen LogP contribution is -2.33. The number of hydrogen-bond acceptors (Lipinski definition) is 6. The summed E-state index contributed by atoms with van der Waals surface area (Å²) in [5, 5.41) is 7.37. The van der Waals surface area contributed by atoms with Crippen LogP contribution in [0, 0.1) is 12.3 Å². The Morgan fingerprint density at radius 3 is 2.86 bits per heavy atom. The summed E-state index contributed by atoms with van der Waals surface area (Å²) in [6.45, 7) is 3.38. The number of nitrogens with one attached hydrogen (secondary N) is 2. The van der Waals surface area contributed by atoms with E-state index in [1.807, 2.05) is 56.7 Å². The van der Waals surface area contributed by atoms with Gasteiger partial charge in [-0.2, -0.15) is 0 Å². The molecular formula is C28H34N6O. The lowest BCUT2D eigenvalue weighted by molar-refractivity contribution is -0.109. The number of carbonyl (C=O) groups is 1. The maximum atomic E-state index is 11.0. The Labute approximate surface area is 207 Å². The van der Waals surface area contributed by atoms with E-state index >= 15 is 0 Å². The van der Waals surface area contributed by atoms with Crippen molar-refractivity contribution in [1.29, 1.82) is 0 Å². The van der Waals surface area contributed by atoms with Crippen LogP contribution in [0.15, 0.2) is 65.9 Å². The van der Waals surface area contributed by atoms with Crippen molar-refractivity contribution in [3.63, 3.8) is 0 Å². The average molecular weight is 471 g/mol. The molecule has 35 heavy (non-hydrogen) atoms. The van der Waals surface area contributed by atoms with Crippen LogP contribution in [0.25, 0.3) is 16.6 Å². The number of aromatic nitrogens is 2. The Kier molecular flexibility index (Phi) is 7.87. The Balaban J connectivity index is 1.59. The van der Waals surface area contributed by atoms with Crippen molar-refractivity contribution in [2.45, 2.75) is 38.6 Å². The summed E-state index contributed by atoms with van der Waals surface area (Å²) < 4.78 is 0. The standard InChI is InChI=1S/C28H34N6O/c1-20-15-22(8-12-32-20)25(30-2)7-9-28(10-13-31-19-35)11-14-33-27(28)17-24(29)23-16-21-5-3-4-6-26(21)34-18-23/h3-6,8,12,15-19,25,30H,7,9-11,13-14,29H2,1-2H3,(H,31,35). The van der Waals surface area contributed by atoms with E-state index in [4.69, 9.17) is 10.7 Å². The van der Waals surface area contributed by atoms with E-state index in [9.17, 15) is 4.79 Å². The number of hydrogen-bond donors (Lipinski definition) is 3. The first kappa shape index (κ1) is 24.5. The second kappa shape index (κ2) is 11.2. The van der Waals surface area contributed by atoms with Gasteiger partial charge in [-0.15, -0.1) is 0 Å². The van der Waals surface area contributed by atoms with Gasteiger partial charge in [-0.3, -0.25) is 19.8 Å². The minimum absolute atomic E-state index is 0.151. The number of amides is 1. The second-order valence-corrected chi connectivity index (χ2v) is 9.25. The average Bonchev–Trinajstić information content (AvgIpc) is 3.26. The molecule has 7 heteroatoms. The number of nitrogens with zero attached hydrogens (tertiary/aromatic N) is 3. The molecule has 2 aromatic heterocycles. The van der Waals surface area contributed by atoms with Crippen LogP contribution < -0.4 is 16.4 Å². The molecule has 4 N–H and O–H groups in total. The first-order valence-electron chi connectivity index (χ1n) is 12.2. The van der Waals surface area contributed by atoms with E-state index in [1.54, 1.807) is 0 Å². The molecule has 2 atom stereocenters. The van der Waals surface area contributed by atoms with Crippen molar-refractivity contribution in [2.24, 2.45) is 16.1 Å². The van der Waals surface area contributed by atoms with Crippen LogP contribution in [0.2, 0.25) is 0 Å². The molecule has 0 saturated carbocycles. The number of aryl methyl sites for hydroxylation is 1. The number of carbonyl (C=O) groups excluding carboxylic acids is 1. The Morgan fingerprint density at radius 2 is 2.06 bits per heavy atom. The van der Waals surface area contributed by atoms with Crippen molar-refractivity contribution < 1.29 is 4.79 Å². The molecule has 0 spiro atoms. The van der Waals surface area contributed by atoms with E-state index in [0.717, 1.165) is 66.5 Å². The third-order valence-electron chi connectivity index (χ3n) is 7.05. The number of aliphatic imine (C=N–C) groups is 1. The highest BCUT2D eigenvalue weighted by molar-refractivity contribution is 6.05. The number of rotatable bonds is 11. The van der Waals surface area contributed by atoms with E-state index in [-0.39, 0.29) is 11.5 Å². The van der Waals surface area contributed by atoms with Crippen molar-refractivity contribution in [2.75, 3.05) is 20.1 Å². The number of pyridine rings is 2. The molecule has 0 aliphatic carbocycles. The van der Waals surface area contributed by atoms with Crippen molar-refractivity contribution >= 4 is 28.7 Å². The van der Waals surface area contributed by atoms with Gasteiger partial charge in [-0.05, 0) is 75.6 Å². The fourth-order valence-electron chi connectivity index (χ4n) is 5.03. The van der Waals surface area contributed by atoms with Gasteiger partial charge in [0.15, 0.2) is 0 Å². The van der Waals surface area contributed by atoms with Crippen molar-refractivity contribution in [3.8, 4) is 0 Å². The minimum Gasteiger partial charge on any atom is -0.398 e. The minimum atomic E-state index is -0.151. The van der Waals surface area contributed by atoms with Gasteiger partial charge in [0.05, 0.1) is 5.52 Å². The molecule has 0 radical (unpaired) electrons. The number of fused-ring (bicyclic) bond motifs is 1. The molecule has 1 aliphatic heterocycles. The summed E-state index contributed by atoms with van der Waals surface area (Å²) in [6, 6.07) is 14.5. The molecular weight excluding hydrogens is 436 g/mol. The maximum absolute atomic E-state index is 11.0. The second-order valence-electron chi connectivity index (χ2n) is 9.25. The largest absolute Gasteiger partial charge is 0.398 e. The summed E-state index contributed by atoms with van der Waals surface area (Å²) in [4.78, 5) is 24.7. The highest BCUT2D eigenvalue weighted by Gasteiger charge is 2.38. The van der Waals surface area contributed by atoms with Crippen LogP contribution in [-0.4, -0.2) is 42.2 Å². The predicted octanol–water partition coefficient (Wildman–Crippen LogP) is 3.95. The molecule has 1 aliphatic rings. The highest BCUT2D eigenvalue weighted by atomic mass is 16.1. The van der Waals surface area contributed by atoms with Crippen LogP contribution >= 0.6 is 0 Å². The molecule has 1 amide bonds. The zero-order valence-corrected chi connectivity index (χ0v) is 20.5. The molecule has 0 fully saturated rings. The molecule has 4 rings (SSSR count). The van der Waals surface area contributed by atoms with E-state index < -0.39 is 0 Å². The lowest BCUT2D eigenvalue weighted by Gasteiger charge is -2.32. The zero-order valence-electron chi connectivity index (χ0n) is 20.5. The fraction of sp³-hybridized carbons (Fsp3) is 0.357. The number of nitrogens with two attached hydrogens (primary N) is 1. The van der Waals surface area contributed by atoms with Gasteiger partial charge in [-0.1, -0.05) is 18.2 Å². The normalized spacial score (nSPS) is 18.9. The molecule has 0 bridgehead atoms.